The highest BCUT2D eigenvalue weighted by molar-refractivity contribution is 5.79. The molecule has 0 bridgehead atoms. The lowest BCUT2D eigenvalue weighted by molar-refractivity contribution is 0.150. The van der Waals surface area contributed by atoms with Crippen molar-refractivity contribution in [3.63, 3.8) is 0 Å². The molecule has 0 saturated heterocycles. The smallest absolute Gasteiger partial charge is 0.306 e. The summed E-state index contributed by atoms with van der Waals surface area (Å²) in [4.78, 5) is 17.8. The third kappa shape index (κ3) is 2.63. The van der Waals surface area contributed by atoms with Crippen LogP contribution in [0.25, 0.3) is 11.0 Å². The fourth-order valence-corrected chi connectivity index (χ4v) is 3.37. The van der Waals surface area contributed by atoms with Crippen molar-refractivity contribution in [3.8, 4) is 0 Å². The average Bonchev–Trinajstić information content (AvgIpc) is 2.66. The highest BCUT2D eigenvalue weighted by atomic mass is 16.1. The molecule has 2 aromatic rings. The van der Waals surface area contributed by atoms with E-state index in [1.165, 1.54) is 11.1 Å². The van der Waals surface area contributed by atoms with Gasteiger partial charge in [0.2, 0.25) is 0 Å². The molecule has 1 atom stereocenters. The molecule has 22 heavy (non-hydrogen) atoms. The largest absolute Gasteiger partial charge is 0.326 e. The summed E-state index contributed by atoms with van der Waals surface area (Å²) < 4.78 is 1.93. The first-order valence-corrected chi connectivity index (χ1v) is 8.05. The van der Waals surface area contributed by atoms with Crippen LogP contribution in [0.5, 0.6) is 0 Å². The van der Waals surface area contributed by atoms with E-state index in [9.17, 15) is 4.79 Å². The fourth-order valence-electron chi connectivity index (χ4n) is 3.37. The van der Waals surface area contributed by atoms with E-state index in [0.717, 1.165) is 30.7 Å². The summed E-state index contributed by atoms with van der Waals surface area (Å²) in [6.45, 7) is 11.3. The van der Waals surface area contributed by atoms with Gasteiger partial charge in [-0.3, -0.25) is 9.47 Å². The molecule has 1 aliphatic heterocycles. The number of aromatic amines is 1. The zero-order chi connectivity index (χ0) is 15.9. The summed E-state index contributed by atoms with van der Waals surface area (Å²) in [6, 6.07) is 6.53. The molecule has 0 spiro atoms. The number of rotatable bonds is 3. The van der Waals surface area contributed by atoms with Crippen LogP contribution in [-0.2, 0) is 13.1 Å². The van der Waals surface area contributed by atoms with E-state index in [1.54, 1.807) is 0 Å². The van der Waals surface area contributed by atoms with E-state index in [1.807, 2.05) is 16.7 Å². The lowest BCUT2D eigenvalue weighted by Gasteiger charge is -2.32. The zero-order valence-corrected chi connectivity index (χ0v) is 13.9. The number of aromatic nitrogens is 2. The van der Waals surface area contributed by atoms with Gasteiger partial charge in [-0.1, -0.05) is 37.6 Å². The molecule has 0 amide bonds. The molecule has 3 rings (SSSR count). The Hall–Kier alpha value is -1.81. The predicted molar refractivity (Wildman–Crippen MR) is 91.0 cm³/mol. The topological polar surface area (TPSA) is 41.0 Å². The fraction of sp³-hybridized carbons (Fsp3) is 0.500. The van der Waals surface area contributed by atoms with Gasteiger partial charge in [-0.15, -0.1) is 0 Å². The Bertz CT molecular complexity index is 762. The van der Waals surface area contributed by atoms with Gasteiger partial charge in [0, 0.05) is 25.7 Å². The SMILES string of the molecule is CC(C)=CCN1Cc2cccc3[nH]c(=O)n(c23)C[C@@H]1C(C)C. The monoisotopic (exact) mass is 299 g/mol. The first-order chi connectivity index (χ1) is 10.5. The quantitative estimate of drug-likeness (QED) is 0.885. The molecule has 0 aliphatic carbocycles. The van der Waals surface area contributed by atoms with E-state index in [4.69, 9.17) is 0 Å². The van der Waals surface area contributed by atoms with Crippen LogP contribution in [0.15, 0.2) is 34.6 Å². The summed E-state index contributed by atoms with van der Waals surface area (Å²) in [6.07, 6.45) is 2.28. The average molecular weight is 299 g/mol. The van der Waals surface area contributed by atoms with Gasteiger partial charge in [-0.2, -0.15) is 0 Å². The molecule has 118 valence electrons. The number of nitrogens with zero attached hydrogens (tertiary/aromatic N) is 2. The highest BCUT2D eigenvalue weighted by Gasteiger charge is 2.28. The molecular formula is C18H25N3O. The van der Waals surface area contributed by atoms with Crippen molar-refractivity contribution in [3.05, 3.63) is 45.9 Å². The van der Waals surface area contributed by atoms with Gasteiger partial charge in [0.05, 0.1) is 11.0 Å². The number of allylic oxidation sites excluding steroid dienone is 1. The van der Waals surface area contributed by atoms with Gasteiger partial charge in [-0.25, -0.2) is 4.79 Å². The van der Waals surface area contributed by atoms with Crippen molar-refractivity contribution in [2.45, 2.75) is 46.8 Å². The van der Waals surface area contributed by atoms with Crippen molar-refractivity contribution in [2.75, 3.05) is 6.54 Å². The summed E-state index contributed by atoms with van der Waals surface area (Å²) in [5.74, 6) is 0.497. The maximum absolute atomic E-state index is 12.3. The molecule has 4 heteroatoms. The molecule has 0 saturated carbocycles. The second-order valence-electron chi connectivity index (χ2n) is 6.88. The lowest BCUT2D eigenvalue weighted by atomic mass is 10.0. The van der Waals surface area contributed by atoms with E-state index in [0.29, 0.717) is 12.0 Å². The van der Waals surface area contributed by atoms with Gasteiger partial charge < -0.3 is 4.98 Å². The van der Waals surface area contributed by atoms with E-state index >= 15 is 0 Å². The Balaban J connectivity index is 2.09. The van der Waals surface area contributed by atoms with Gasteiger partial charge in [0.15, 0.2) is 0 Å². The highest BCUT2D eigenvalue weighted by Crippen LogP contribution is 2.26. The van der Waals surface area contributed by atoms with Crippen LogP contribution in [0.1, 0.15) is 33.3 Å². The number of hydrogen-bond acceptors (Lipinski definition) is 2. The minimum atomic E-state index is 0.0113. The van der Waals surface area contributed by atoms with Gasteiger partial charge in [0.1, 0.15) is 0 Å². The maximum atomic E-state index is 12.3. The summed E-state index contributed by atoms with van der Waals surface area (Å²) in [5.41, 5.74) is 4.62. The second kappa shape index (κ2) is 5.76. The molecule has 1 aromatic carbocycles. The standard InChI is InChI=1S/C18H25N3O/c1-12(2)8-9-20-10-14-6-5-7-15-17(14)21(18(22)19-15)11-16(20)13(3)4/h5-8,13,16H,9-11H2,1-4H3,(H,19,22)/t16-/m1/s1. The number of imidazole rings is 1. The maximum Gasteiger partial charge on any atom is 0.326 e. The summed E-state index contributed by atoms with van der Waals surface area (Å²) >= 11 is 0. The Labute approximate surface area is 131 Å². The number of para-hydroxylation sites is 1. The molecule has 2 heterocycles. The minimum absolute atomic E-state index is 0.0113. The summed E-state index contributed by atoms with van der Waals surface area (Å²) in [5, 5.41) is 0. The Morgan fingerprint density at radius 2 is 2.18 bits per heavy atom. The molecule has 0 unspecified atom stereocenters. The van der Waals surface area contributed by atoms with E-state index in [-0.39, 0.29) is 5.69 Å². The molecule has 0 radical (unpaired) electrons. The van der Waals surface area contributed by atoms with Gasteiger partial charge in [0.25, 0.3) is 0 Å². The summed E-state index contributed by atoms with van der Waals surface area (Å²) in [7, 11) is 0. The normalized spacial score (nSPS) is 18.7. The molecule has 1 N–H and O–H groups in total. The van der Waals surface area contributed by atoms with Crippen LogP contribution in [-0.4, -0.2) is 27.0 Å². The first kappa shape index (κ1) is 15.1. The molecule has 0 fully saturated rings. The first-order valence-electron chi connectivity index (χ1n) is 8.05. The van der Waals surface area contributed by atoms with Crippen LogP contribution in [0.2, 0.25) is 0 Å². The molecule has 1 aliphatic rings. The van der Waals surface area contributed by atoms with Crippen molar-refractivity contribution >= 4 is 11.0 Å². The van der Waals surface area contributed by atoms with Crippen LogP contribution in [0.3, 0.4) is 0 Å². The molecule has 1 aromatic heterocycles. The molecule has 4 nitrogen and oxygen atoms in total. The minimum Gasteiger partial charge on any atom is -0.306 e. The van der Waals surface area contributed by atoms with Crippen LogP contribution >= 0.6 is 0 Å². The number of nitrogens with one attached hydrogen (secondary N) is 1. The molecular weight excluding hydrogens is 274 g/mol. The van der Waals surface area contributed by atoms with E-state index in [2.05, 4.69) is 49.7 Å². The van der Waals surface area contributed by atoms with Crippen molar-refractivity contribution in [1.29, 1.82) is 0 Å². The Morgan fingerprint density at radius 3 is 2.86 bits per heavy atom. The van der Waals surface area contributed by atoms with Crippen molar-refractivity contribution in [1.82, 2.24) is 14.5 Å². The van der Waals surface area contributed by atoms with Gasteiger partial charge in [-0.05, 0) is 31.4 Å². The third-order valence-electron chi connectivity index (χ3n) is 4.59. The van der Waals surface area contributed by atoms with Crippen LogP contribution < -0.4 is 5.69 Å². The third-order valence-corrected chi connectivity index (χ3v) is 4.59. The number of H-pyrrole nitrogens is 1. The Morgan fingerprint density at radius 1 is 1.41 bits per heavy atom. The Kier molecular flexibility index (Phi) is 3.96. The van der Waals surface area contributed by atoms with Crippen LogP contribution in [0, 0.1) is 5.92 Å². The van der Waals surface area contributed by atoms with Crippen molar-refractivity contribution in [2.24, 2.45) is 5.92 Å². The predicted octanol–water partition coefficient (Wildman–Crippen LogP) is 3.14. The second-order valence-corrected chi connectivity index (χ2v) is 6.88. The number of hydrogen-bond donors (Lipinski definition) is 1. The van der Waals surface area contributed by atoms with Crippen LogP contribution in [0.4, 0.5) is 0 Å². The number of benzene rings is 1. The lowest BCUT2D eigenvalue weighted by Crippen LogP contribution is -2.41. The van der Waals surface area contributed by atoms with E-state index < -0.39 is 0 Å². The van der Waals surface area contributed by atoms with Gasteiger partial charge >= 0.3 is 5.69 Å². The zero-order valence-electron chi connectivity index (χ0n) is 13.9. The van der Waals surface area contributed by atoms with Crippen molar-refractivity contribution < 1.29 is 0 Å².